The monoisotopic (exact) mass is 781 g/mol. The van der Waals surface area contributed by atoms with Crippen molar-refractivity contribution in [3.8, 4) is 44.5 Å². The number of nitrogens with zero attached hydrogens (tertiary/aromatic N) is 1. The third-order valence-corrected chi connectivity index (χ3v) is 13.7. The van der Waals surface area contributed by atoms with E-state index in [4.69, 9.17) is 4.42 Å². The SMILES string of the molecule is CC1(C)c2ccccc2-c2cccc(-c3ccc(N(c4cccc(-c5ccc6oc7ccccc7c6c5)c4)c4ccc5c(c4)C(C)(c4ccccc4)c4ccccc4-5)cc3)c21. The van der Waals surface area contributed by atoms with Crippen LogP contribution in [0.25, 0.3) is 66.4 Å². The lowest BCUT2D eigenvalue weighted by Gasteiger charge is -2.31. The Morgan fingerprint density at radius 1 is 0.361 bits per heavy atom. The Kier molecular flexibility index (Phi) is 7.74. The van der Waals surface area contributed by atoms with Crippen molar-refractivity contribution >= 4 is 39.0 Å². The van der Waals surface area contributed by atoms with Crippen molar-refractivity contribution in [1.29, 1.82) is 0 Å². The molecule has 1 aromatic heterocycles. The van der Waals surface area contributed by atoms with E-state index in [9.17, 15) is 0 Å². The number of furan rings is 1. The molecule has 10 aromatic rings. The summed E-state index contributed by atoms with van der Waals surface area (Å²) in [4.78, 5) is 2.43. The Hall–Kier alpha value is -7.42. The summed E-state index contributed by atoms with van der Waals surface area (Å²) in [7, 11) is 0. The van der Waals surface area contributed by atoms with E-state index < -0.39 is 0 Å². The molecule has 1 atom stereocenters. The highest BCUT2D eigenvalue weighted by atomic mass is 16.3. The molecule has 0 fully saturated rings. The molecule has 2 nitrogen and oxygen atoms in total. The molecule has 2 aliphatic rings. The van der Waals surface area contributed by atoms with Gasteiger partial charge in [-0.25, -0.2) is 0 Å². The second-order valence-electron chi connectivity index (χ2n) is 17.4. The highest BCUT2D eigenvalue weighted by Crippen LogP contribution is 2.55. The van der Waals surface area contributed by atoms with Gasteiger partial charge < -0.3 is 9.32 Å². The van der Waals surface area contributed by atoms with Gasteiger partial charge in [0.05, 0.1) is 0 Å². The molecule has 0 N–H and O–H groups in total. The van der Waals surface area contributed by atoms with Crippen LogP contribution in [0, 0.1) is 0 Å². The van der Waals surface area contributed by atoms with Gasteiger partial charge in [-0.3, -0.25) is 0 Å². The molecule has 0 saturated carbocycles. The second-order valence-corrected chi connectivity index (χ2v) is 17.4. The Morgan fingerprint density at radius 2 is 0.951 bits per heavy atom. The minimum Gasteiger partial charge on any atom is -0.456 e. The number of fused-ring (bicyclic) bond motifs is 9. The van der Waals surface area contributed by atoms with Crippen LogP contribution in [-0.4, -0.2) is 0 Å². The van der Waals surface area contributed by atoms with Crippen LogP contribution in [0.5, 0.6) is 0 Å². The average Bonchev–Trinajstić information content (AvgIpc) is 3.90. The lowest BCUT2D eigenvalue weighted by molar-refractivity contribution is 0.662. The van der Waals surface area contributed by atoms with Gasteiger partial charge in [0.2, 0.25) is 0 Å². The number of anilines is 3. The van der Waals surface area contributed by atoms with Crippen molar-refractivity contribution in [2.75, 3.05) is 4.90 Å². The molecule has 0 saturated heterocycles. The standard InChI is InChI=1S/C59H43NO/c1-58(2)52-24-10-7-20-47(52)50-23-14-22-45(57(50)58)38-27-30-42(31-28-38)60(43-18-13-15-39(35-43)40-29-34-56-51(36-40)49-21-9-12-26-55(49)61-56)44-32-33-48-46-19-8-11-25-53(46)59(3,54(48)37-44)41-16-5-4-6-17-41/h4-37H,1-3H3. The lowest BCUT2D eigenvalue weighted by Crippen LogP contribution is -2.22. The summed E-state index contributed by atoms with van der Waals surface area (Å²) in [5.74, 6) is 0. The first-order chi connectivity index (χ1) is 29.9. The molecule has 0 aliphatic heterocycles. The van der Waals surface area contributed by atoms with Crippen LogP contribution >= 0.6 is 0 Å². The maximum Gasteiger partial charge on any atom is 0.135 e. The molecule has 0 radical (unpaired) electrons. The summed E-state index contributed by atoms with van der Waals surface area (Å²) in [5.41, 5.74) is 21.5. The van der Waals surface area contributed by atoms with Crippen LogP contribution < -0.4 is 4.90 Å². The molecule has 9 aromatic carbocycles. The van der Waals surface area contributed by atoms with Crippen molar-refractivity contribution < 1.29 is 4.42 Å². The van der Waals surface area contributed by atoms with Crippen LogP contribution in [0.2, 0.25) is 0 Å². The fourth-order valence-electron chi connectivity index (χ4n) is 10.8. The molecule has 0 amide bonds. The first kappa shape index (κ1) is 35.5. The molecule has 0 bridgehead atoms. The zero-order chi connectivity index (χ0) is 40.9. The average molecular weight is 782 g/mol. The quantitative estimate of drug-likeness (QED) is 0.167. The van der Waals surface area contributed by atoms with Gasteiger partial charge in [-0.05, 0) is 134 Å². The van der Waals surface area contributed by atoms with E-state index in [1.54, 1.807) is 0 Å². The lowest BCUT2D eigenvalue weighted by atomic mass is 9.74. The maximum absolute atomic E-state index is 6.22. The highest BCUT2D eigenvalue weighted by Gasteiger charge is 2.41. The molecule has 61 heavy (non-hydrogen) atoms. The van der Waals surface area contributed by atoms with Gasteiger partial charge >= 0.3 is 0 Å². The van der Waals surface area contributed by atoms with Crippen molar-refractivity contribution in [2.45, 2.75) is 31.6 Å². The molecule has 1 unspecified atom stereocenters. The van der Waals surface area contributed by atoms with E-state index in [0.29, 0.717) is 0 Å². The minimum atomic E-state index is -0.318. The zero-order valence-corrected chi connectivity index (χ0v) is 34.5. The smallest absolute Gasteiger partial charge is 0.135 e. The van der Waals surface area contributed by atoms with Crippen molar-refractivity contribution in [3.05, 3.63) is 234 Å². The van der Waals surface area contributed by atoms with E-state index in [2.05, 4.69) is 220 Å². The predicted octanol–water partition coefficient (Wildman–Crippen LogP) is 16.0. The number of benzene rings is 9. The molecular weight excluding hydrogens is 739 g/mol. The summed E-state index contributed by atoms with van der Waals surface area (Å²) in [6.45, 7) is 7.13. The predicted molar refractivity (Wildman–Crippen MR) is 254 cm³/mol. The summed E-state index contributed by atoms with van der Waals surface area (Å²) >= 11 is 0. The van der Waals surface area contributed by atoms with Crippen LogP contribution in [0.1, 0.15) is 48.6 Å². The molecular formula is C59H43NO. The van der Waals surface area contributed by atoms with Crippen LogP contribution in [0.3, 0.4) is 0 Å². The van der Waals surface area contributed by atoms with Crippen molar-refractivity contribution in [1.82, 2.24) is 0 Å². The fraction of sp³-hybridized carbons (Fsp3) is 0.0847. The molecule has 0 spiro atoms. The van der Waals surface area contributed by atoms with E-state index in [1.165, 1.54) is 61.2 Å². The van der Waals surface area contributed by atoms with Crippen LogP contribution in [0.4, 0.5) is 17.1 Å². The van der Waals surface area contributed by atoms with E-state index in [1.807, 2.05) is 12.1 Å². The molecule has 12 rings (SSSR count). The van der Waals surface area contributed by atoms with Gasteiger partial charge in [-0.15, -0.1) is 0 Å². The van der Waals surface area contributed by atoms with Crippen LogP contribution in [0.15, 0.2) is 211 Å². The molecule has 2 heteroatoms. The Morgan fingerprint density at radius 3 is 1.79 bits per heavy atom. The molecule has 2 aliphatic carbocycles. The van der Waals surface area contributed by atoms with Gasteiger partial charge in [0, 0.05) is 38.7 Å². The first-order valence-corrected chi connectivity index (χ1v) is 21.3. The second kappa shape index (κ2) is 13.3. The Labute approximate surface area is 357 Å². The number of hydrogen-bond donors (Lipinski definition) is 0. The van der Waals surface area contributed by atoms with Gasteiger partial charge in [0.15, 0.2) is 0 Å². The molecule has 1 heterocycles. The third-order valence-electron chi connectivity index (χ3n) is 13.7. The third kappa shape index (κ3) is 5.28. The maximum atomic E-state index is 6.22. The van der Waals surface area contributed by atoms with Gasteiger partial charge in [0.1, 0.15) is 11.2 Å². The van der Waals surface area contributed by atoms with Gasteiger partial charge in [-0.1, -0.05) is 166 Å². The topological polar surface area (TPSA) is 16.4 Å². The Bertz CT molecular complexity index is 3350. The zero-order valence-electron chi connectivity index (χ0n) is 34.5. The Balaban J connectivity index is 1.02. The van der Waals surface area contributed by atoms with Gasteiger partial charge in [-0.2, -0.15) is 0 Å². The molecule has 290 valence electrons. The summed E-state index contributed by atoms with van der Waals surface area (Å²) in [6, 6.07) is 75.8. The highest BCUT2D eigenvalue weighted by molar-refractivity contribution is 6.06. The van der Waals surface area contributed by atoms with Crippen molar-refractivity contribution in [3.63, 3.8) is 0 Å². The van der Waals surface area contributed by atoms with Crippen molar-refractivity contribution in [2.24, 2.45) is 0 Å². The normalized spacial score (nSPS) is 15.7. The first-order valence-electron chi connectivity index (χ1n) is 21.3. The largest absolute Gasteiger partial charge is 0.456 e. The summed E-state index contributed by atoms with van der Waals surface area (Å²) in [6.07, 6.45) is 0. The number of rotatable bonds is 6. The number of hydrogen-bond acceptors (Lipinski definition) is 2. The van der Waals surface area contributed by atoms with E-state index >= 15 is 0 Å². The summed E-state index contributed by atoms with van der Waals surface area (Å²) < 4.78 is 6.22. The van der Waals surface area contributed by atoms with Gasteiger partial charge in [0.25, 0.3) is 0 Å². The minimum absolute atomic E-state index is 0.104. The van der Waals surface area contributed by atoms with E-state index in [-0.39, 0.29) is 10.8 Å². The van der Waals surface area contributed by atoms with E-state index in [0.717, 1.165) is 50.1 Å². The number of para-hydroxylation sites is 1. The van der Waals surface area contributed by atoms with Crippen LogP contribution in [-0.2, 0) is 10.8 Å². The summed E-state index contributed by atoms with van der Waals surface area (Å²) in [5, 5.41) is 2.26. The fourth-order valence-corrected chi connectivity index (χ4v) is 10.8.